The number of benzene rings is 1. The van der Waals surface area contributed by atoms with Crippen molar-refractivity contribution in [1.82, 2.24) is 0 Å². The Morgan fingerprint density at radius 2 is 2.00 bits per heavy atom. The largest absolute Gasteiger partial charge is 0.467 e. The highest BCUT2D eigenvalue weighted by molar-refractivity contribution is 5.93. The summed E-state index contributed by atoms with van der Waals surface area (Å²) in [5, 5.41) is 0. The first-order valence-corrected chi connectivity index (χ1v) is 7.19. The molecule has 0 saturated carbocycles. The van der Waals surface area contributed by atoms with Gasteiger partial charge in [0.25, 0.3) is 0 Å². The summed E-state index contributed by atoms with van der Waals surface area (Å²) in [6.07, 6.45) is 8.56. The number of unbranched alkanes of at least 4 members (excludes halogenated alkanes) is 3. The van der Waals surface area contributed by atoms with E-state index >= 15 is 0 Å². The van der Waals surface area contributed by atoms with E-state index in [0.717, 1.165) is 24.2 Å². The smallest absolute Gasteiger partial charge is 0.188 e. The Kier molecular flexibility index (Phi) is 8.40. The molecule has 0 aliphatic carbocycles. The molecule has 1 aromatic carbocycles. The predicted octanol–water partition coefficient (Wildman–Crippen LogP) is 4.22. The van der Waals surface area contributed by atoms with Gasteiger partial charge in [0.15, 0.2) is 12.6 Å². The van der Waals surface area contributed by atoms with Crippen LogP contribution in [0.3, 0.4) is 0 Å². The lowest BCUT2D eigenvalue weighted by molar-refractivity contribution is -0.114. The molecule has 0 aliphatic rings. The van der Waals surface area contributed by atoms with E-state index < -0.39 is 0 Å². The van der Waals surface area contributed by atoms with E-state index in [2.05, 4.69) is 6.92 Å². The summed E-state index contributed by atoms with van der Waals surface area (Å²) in [4.78, 5) is 11.8. The molecule has 110 valence electrons. The zero-order valence-electron chi connectivity index (χ0n) is 12.4. The second-order valence-corrected chi connectivity index (χ2v) is 4.70. The fourth-order valence-electron chi connectivity index (χ4n) is 1.86. The molecule has 0 radical (unpaired) electrons. The molecule has 3 heteroatoms. The van der Waals surface area contributed by atoms with Crippen LogP contribution in [0, 0.1) is 0 Å². The highest BCUT2D eigenvalue weighted by Gasteiger charge is 2.01. The van der Waals surface area contributed by atoms with Crippen LogP contribution >= 0.6 is 0 Å². The fraction of sp³-hybridized carbons (Fsp3) is 0.471. The van der Waals surface area contributed by atoms with Gasteiger partial charge in [0.2, 0.25) is 0 Å². The highest BCUT2D eigenvalue weighted by Crippen LogP contribution is 2.19. The molecule has 0 bridgehead atoms. The van der Waals surface area contributed by atoms with Gasteiger partial charge < -0.3 is 9.47 Å². The minimum Gasteiger partial charge on any atom is -0.467 e. The molecule has 3 nitrogen and oxygen atoms in total. The molecule has 0 heterocycles. The molecule has 0 amide bonds. The summed E-state index contributed by atoms with van der Waals surface area (Å²) >= 11 is 0. The third-order valence-corrected chi connectivity index (χ3v) is 2.98. The van der Waals surface area contributed by atoms with E-state index in [4.69, 9.17) is 9.47 Å². The van der Waals surface area contributed by atoms with Gasteiger partial charge in [0.1, 0.15) is 5.75 Å². The van der Waals surface area contributed by atoms with E-state index in [0.29, 0.717) is 6.42 Å². The quantitative estimate of drug-likeness (QED) is 0.364. The van der Waals surface area contributed by atoms with Crippen molar-refractivity contribution in [3.05, 3.63) is 35.9 Å². The number of carbonyl (C=O) groups is 1. The molecule has 0 N–H and O–H groups in total. The number of ether oxygens (including phenoxy) is 2. The summed E-state index contributed by atoms with van der Waals surface area (Å²) in [6.45, 7) is 2.37. The predicted molar refractivity (Wildman–Crippen MR) is 81.7 cm³/mol. The number of allylic oxidation sites excluding steroid dienone is 1. The minimum absolute atomic E-state index is 0.169. The number of hydrogen-bond donors (Lipinski definition) is 0. The first-order chi connectivity index (χ1) is 9.77. The van der Waals surface area contributed by atoms with Gasteiger partial charge in [-0.1, -0.05) is 44.4 Å². The van der Waals surface area contributed by atoms with Gasteiger partial charge in [0, 0.05) is 19.1 Å². The molecule has 0 atom stereocenters. The number of para-hydroxylation sites is 1. The van der Waals surface area contributed by atoms with Crippen LogP contribution in [0.15, 0.2) is 30.3 Å². The zero-order chi connectivity index (χ0) is 14.6. The van der Waals surface area contributed by atoms with Crippen LogP contribution in [0.2, 0.25) is 0 Å². The van der Waals surface area contributed by atoms with Crippen molar-refractivity contribution in [3.8, 4) is 5.75 Å². The second kappa shape index (κ2) is 10.2. The lowest BCUT2D eigenvalue weighted by Crippen LogP contribution is -2.00. The van der Waals surface area contributed by atoms with Crippen LogP contribution in [0.4, 0.5) is 0 Å². The van der Waals surface area contributed by atoms with Crippen molar-refractivity contribution < 1.29 is 14.3 Å². The fourth-order valence-corrected chi connectivity index (χ4v) is 1.86. The maximum absolute atomic E-state index is 11.8. The van der Waals surface area contributed by atoms with Crippen molar-refractivity contribution in [2.24, 2.45) is 0 Å². The summed E-state index contributed by atoms with van der Waals surface area (Å²) in [7, 11) is 1.58. The maximum atomic E-state index is 11.8. The van der Waals surface area contributed by atoms with Crippen molar-refractivity contribution in [1.29, 1.82) is 0 Å². The van der Waals surface area contributed by atoms with E-state index in [1.807, 2.05) is 30.3 Å². The Morgan fingerprint density at radius 3 is 2.75 bits per heavy atom. The molecular formula is C17H24O3. The second-order valence-electron chi connectivity index (χ2n) is 4.70. The lowest BCUT2D eigenvalue weighted by Gasteiger charge is -2.07. The average molecular weight is 276 g/mol. The summed E-state index contributed by atoms with van der Waals surface area (Å²) < 4.78 is 10.3. The maximum Gasteiger partial charge on any atom is 0.188 e. The number of rotatable bonds is 10. The van der Waals surface area contributed by atoms with E-state index in [-0.39, 0.29) is 12.6 Å². The van der Waals surface area contributed by atoms with Crippen LogP contribution < -0.4 is 4.74 Å². The molecule has 0 aromatic heterocycles. The summed E-state index contributed by atoms with van der Waals surface area (Å²) in [5.74, 6) is 0.895. The summed E-state index contributed by atoms with van der Waals surface area (Å²) in [6, 6.07) is 7.61. The summed E-state index contributed by atoms with van der Waals surface area (Å²) in [5.41, 5.74) is 0.895. The number of methoxy groups -OCH3 is 1. The van der Waals surface area contributed by atoms with Gasteiger partial charge in [-0.2, -0.15) is 0 Å². The molecule has 1 aromatic rings. The van der Waals surface area contributed by atoms with Crippen molar-refractivity contribution >= 4 is 11.9 Å². The van der Waals surface area contributed by atoms with Gasteiger partial charge in [-0.25, -0.2) is 0 Å². The number of ketones is 1. The van der Waals surface area contributed by atoms with E-state index in [1.54, 1.807) is 13.2 Å². The first kappa shape index (κ1) is 16.4. The van der Waals surface area contributed by atoms with Crippen LogP contribution in [0.25, 0.3) is 6.08 Å². The molecule has 20 heavy (non-hydrogen) atoms. The van der Waals surface area contributed by atoms with Crippen LogP contribution in [-0.2, 0) is 9.53 Å². The van der Waals surface area contributed by atoms with Crippen LogP contribution in [-0.4, -0.2) is 19.7 Å². The lowest BCUT2D eigenvalue weighted by atomic mass is 10.1. The van der Waals surface area contributed by atoms with E-state index in [1.165, 1.54) is 12.8 Å². The monoisotopic (exact) mass is 276 g/mol. The standard InChI is InChI=1S/C17H24O3/c1-3-4-5-6-10-16(18)13-12-15-9-7-8-11-17(15)20-14-19-2/h7-9,11-13H,3-6,10,14H2,1-2H3. The molecule has 0 fully saturated rings. The molecule has 0 unspecified atom stereocenters. The normalized spacial score (nSPS) is 10.9. The molecular weight excluding hydrogens is 252 g/mol. The van der Waals surface area contributed by atoms with Gasteiger partial charge >= 0.3 is 0 Å². The van der Waals surface area contributed by atoms with Gasteiger partial charge in [0.05, 0.1) is 0 Å². The molecule has 1 rings (SSSR count). The average Bonchev–Trinajstić information content (AvgIpc) is 2.48. The Balaban J connectivity index is 2.49. The van der Waals surface area contributed by atoms with Crippen molar-refractivity contribution in [3.63, 3.8) is 0 Å². The molecule has 0 spiro atoms. The SMILES string of the molecule is CCCCCCC(=O)C=Cc1ccccc1OCOC. The Hall–Kier alpha value is -1.61. The number of hydrogen-bond acceptors (Lipinski definition) is 3. The topological polar surface area (TPSA) is 35.5 Å². The van der Waals surface area contributed by atoms with Crippen molar-refractivity contribution in [2.45, 2.75) is 39.0 Å². The Morgan fingerprint density at radius 1 is 1.20 bits per heavy atom. The van der Waals surface area contributed by atoms with Crippen molar-refractivity contribution in [2.75, 3.05) is 13.9 Å². The van der Waals surface area contributed by atoms with Crippen LogP contribution in [0.5, 0.6) is 5.75 Å². The molecule has 0 saturated heterocycles. The number of carbonyl (C=O) groups excluding carboxylic acids is 1. The van der Waals surface area contributed by atoms with Gasteiger partial charge in [-0.15, -0.1) is 0 Å². The van der Waals surface area contributed by atoms with Gasteiger partial charge in [-0.3, -0.25) is 4.79 Å². The zero-order valence-corrected chi connectivity index (χ0v) is 12.4. The van der Waals surface area contributed by atoms with Gasteiger partial charge in [-0.05, 0) is 24.6 Å². The van der Waals surface area contributed by atoms with E-state index in [9.17, 15) is 4.79 Å². The Bertz CT molecular complexity index is 424. The third kappa shape index (κ3) is 6.53. The Labute approximate surface area is 121 Å². The minimum atomic E-state index is 0.169. The first-order valence-electron chi connectivity index (χ1n) is 7.19. The highest BCUT2D eigenvalue weighted by atomic mass is 16.7. The third-order valence-electron chi connectivity index (χ3n) is 2.98. The molecule has 0 aliphatic heterocycles. The van der Waals surface area contributed by atoms with Crippen LogP contribution in [0.1, 0.15) is 44.6 Å².